The first-order valence-corrected chi connectivity index (χ1v) is 9.27. The van der Waals surface area contributed by atoms with Gasteiger partial charge in [0.1, 0.15) is 12.4 Å². The molecule has 0 saturated carbocycles. The normalized spacial score (nSPS) is 10.9. The summed E-state index contributed by atoms with van der Waals surface area (Å²) in [4.78, 5) is 11.8. The van der Waals surface area contributed by atoms with Gasteiger partial charge in [-0.15, -0.1) is 0 Å². The lowest BCUT2D eigenvalue weighted by molar-refractivity contribution is 0.394. The highest BCUT2D eigenvalue weighted by Gasteiger charge is 2.18. The van der Waals surface area contributed by atoms with Gasteiger partial charge in [-0.05, 0) is 30.7 Å². The lowest BCUT2D eigenvalue weighted by Crippen LogP contribution is -2.15. The van der Waals surface area contributed by atoms with E-state index in [4.69, 9.17) is 10.00 Å². The highest BCUT2D eigenvalue weighted by molar-refractivity contribution is 7.92. The first-order valence-electron chi connectivity index (χ1n) is 7.79. The molecule has 3 aromatic rings. The van der Waals surface area contributed by atoms with Crippen LogP contribution in [0.15, 0.2) is 53.9 Å². The largest absolute Gasteiger partial charge is 0.481 e. The van der Waals surface area contributed by atoms with Gasteiger partial charge in [0.05, 0.1) is 24.1 Å². The molecular weight excluding hydrogens is 366 g/mol. The molecule has 0 atom stereocenters. The zero-order valence-corrected chi connectivity index (χ0v) is 15.4. The van der Waals surface area contributed by atoms with Crippen LogP contribution in [0.2, 0.25) is 0 Å². The van der Waals surface area contributed by atoms with Crippen LogP contribution in [0.5, 0.6) is 5.88 Å². The van der Waals surface area contributed by atoms with Crippen molar-refractivity contribution in [2.45, 2.75) is 11.9 Å². The van der Waals surface area contributed by atoms with Crippen molar-refractivity contribution < 1.29 is 13.2 Å². The molecule has 0 aliphatic rings. The lowest BCUT2D eigenvalue weighted by atomic mass is 10.1. The molecule has 0 radical (unpaired) electrons. The predicted molar refractivity (Wildman–Crippen MR) is 98.5 cm³/mol. The fourth-order valence-electron chi connectivity index (χ4n) is 2.30. The van der Waals surface area contributed by atoms with E-state index >= 15 is 0 Å². The maximum Gasteiger partial charge on any atom is 0.279 e. The van der Waals surface area contributed by atoms with Crippen LogP contribution in [-0.4, -0.2) is 30.5 Å². The van der Waals surface area contributed by atoms with E-state index in [2.05, 4.69) is 19.7 Å². The van der Waals surface area contributed by atoms with E-state index in [0.717, 1.165) is 11.9 Å². The summed E-state index contributed by atoms with van der Waals surface area (Å²) >= 11 is 0. The quantitative estimate of drug-likeness (QED) is 0.675. The monoisotopic (exact) mass is 381 g/mol. The van der Waals surface area contributed by atoms with Crippen LogP contribution in [0.3, 0.4) is 0 Å². The Morgan fingerprint density at radius 2 is 1.93 bits per heavy atom. The number of anilines is 1. The number of methoxy groups -OCH3 is 1. The van der Waals surface area contributed by atoms with Crippen molar-refractivity contribution in [2.24, 2.45) is 0 Å². The Morgan fingerprint density at radius 3 is 2.59 bits per heavy atom. The lowest BCUT2D eigenvalue weighted by Gasteiger charge is -2.12. The van der Waals surface area contributed by atoms with Crippen molar-refractivity contribution in [3.63, 3.8) is 0 Å². The summed E-state index contributed by atoms with van der Waals surface area (Å²) < 4.78 is 32.8. The van der Waals surface area contributed by atoms with Gasteiger partial charge in [0.15, 0.2) is 5.03 Å². The van der Waals surface area contributed by atoms with E-state index in [1.807, 2.05) is 12.1 Å². The summed E-state index contributed by atoms with van der Waals surface area (Å²) in [5, 5.41) is 8.67. The number of nitriles is 1. The molecule has 0 fully saturated rings. The number of sulfonamides is 1. The van der Waals surface area contributed by atoms with Crippen molar-refractivity contribution in [1.29, 1.82) is 5.26 Å². The average molecular weight is 381 g/mol. The molecule has 27 heavy (non-hydrogen) atoms. The number of nitrogens with zero attached hydrogens (tertiary/aromatic N) is 4. The molecule has 0 aliphatic carbocycles. The number of nitrogens with one attached hydrogen (secondary N) is 1. The minimum absolute atomic E-state index is 0.151. The first-order chi connectivity index (χ1) is 12.9. The average Bonchev–Trinajstić information content (AvgIpc) is 2.69. The van der Waals surface area contributed by atoms with Gasteiger partial charge in [-0.1, -0.05) is 12.1 Å². The summed E-state index contributed by atoms with van der Waals surface area (Å²) in [5.74, 6) is 0.151. The first kappa shape index (κ1) is 18.3. The SMILES string of the molecule is COc1cc(S(=O)(=O)Nc2cc(-c3ccc(C#N)cn3)ccc2C)ncn1. The number of ether oxygens (including phenoxy) is 1. The molecule has 9 heteroatoms. The van der Waals surface area contributed by atoms with Crippen LogP contribution >= 0.6 is 0 Å². The van der Waals surface area contributed by atoms with Crippen LogP contribution in [-0.2, 0) is 10.0 Å². The Labute approximate surface area is 156 Å². The van der Waals surface area contributed by atoms with Crippen molar-refractivity contribution in [1.82, 2.24) is 15.0 Å². The molecular formula is C18H15N5O3S. The Bertz CT molecular complexity index is 1120. The van der Waals surface area contributed by atoms with Crippen LogP contribution in [0.1, 0.15) is 11.1 Å². The van der Waals surface area contributed by atoms with Crippen LogP contribution in [0.4, 0.5) is 5.69 Å². The van der Waals surface area contributed by atoms with Gasteiger partial charge in [-0.3, -0.25) is 9.71 Å². The molecule has 1 N–H and O–H groups in total. The Kier molecular flexibility index (Phi) is 5.00. The Morgan fingerprint density at radius 1 is 1.11 bits per heavy atom. The third-order valence-electron chi connectivity index (χ3n) is 3.77. The third-order valence-corrected chi connectivity index (χ3v) is 5.03. The molecule has 0 aliphatic heterocycles. The molecule has 8 nitrogen and oxygen atoms in total. The van der Waals surface area contributed by atoms with Gasteiger partial charge >= 0.3 is 0 Å². The summed E-state index contributed by atoms with van der Waals surface area (Å²) in [7, 11) is -2.53. The van der Waals surface area contributed by atoms with Crippen LogP contribution < -0.4 is 9.46 Å². The number of rotatable bonds is 5. The van der Waals surface area contributed by atoms with Gasteiger partial charge in [-0.2, -0.15) is 13.7 Å². The second-order valence-electron chi connectivity index (χ2n) is 5.58. The standard InChI is InChI=1S/C18H15N5O3S/c1-12-3-5-14(15-6-4-13(9-19)10-20-15)7-16(12)23-27(24,25)18-8-17(26-2)21-11-22-18/h3-8,10-11,23H,1-2H3. The molecule has 2 aromatic heterocycles. The summed E-state index contributed by atoms with van der Waals surface area (Å²) in [6.07, 6.45) is 2.59. The maximum absolute atomic E-state index is 12.6. The van der Waals surface area contributed by atoms with Crippen LogP contribution in [0.25, 0.3) is 11.3 Å². The van der Waals surface area contributed by atoms with E-state index < -0.39 is 10.0 Å². The van der Waals surface area contributed by atoms with Crippen molar-refractivity contribution in [3.8, 4) is 23.2 Å². The maximum atomic E-state index is 12.6. The third kappa shape index (κ3) is 4.02. The molecule has 0 unspecified atom stereocenters. The molecule has 2 heterocycles. The second-order valence-corrected chi connectivity index (χ2v) is 7.21. The molecule has 1 aromatic carbocycles. The molecule has 0 saturated heterocycles. The molecule has 0 bridgehead atoms. The van der Waals surface area contributed by atoms with E-state index in [1.165, 1.54) is 19.4 Å². The van der Waals surface area contributed by atoms with Gasteiger partial charge in [0, 0.05) is 17.8 Å². The Balaban J connectivity index is 1.95. The zero-order chi connectivity index (χ0) is 19.4. The van der Waals surface area contributed by atoms with Gasteiger partial charge in [-0.25, -0.2) is 9.97 Å². The number of aryl methyl sites for hydroxylation is 1. The van der Waals surface area contributed by atoms with Crippen molar-refractivity contribution >= 4 is 15.7 Å². The van der Waals surface area contributed by atoms with E-state index in [-0.39, 0.29) is 10.9 Å². The van der Waals surface area contributed by atoms with Crippen molar-refractivity contribution in [2.75, 3.05) is 11.8 Å². The smallest absolute Gasteiger partial charge is 0.279 e. The number of aromatic nitrogens is 3. The van der Waals surface area contributed by atoms with E-state index in [0.29, 0.717) is 22.5 Å². The Hall–Kier alpha value is -3.51. The number of hydrogen-bond donors (Lipinski definition) is 1. The van der Waals surface area contributed by atoms with E-state index in [9.17, 15) is 8.42 Å². The number of hydrogen-bond acceptors (Lipinski definition) is 7. The topological polar surface area (TPSA) is 118 Å². The summed E-state index contributed by atoms with van der Waals surface area (Å²) in [6, 6.07) is 11.9. The zero-order valence-electron chi connectivity index (χ0n) is 14.5. The number of pyridine rings is 1. The number of benzene rings is 1. The molecule has 0 spiro atoms. The predicted octanol–water partition coefficient (Wildman–Crippen LogP) is 2.53. The van der Waals surface area contributed by atoms with Gasteiger partial charge in [0.25, 0.3) is 10.0 Å². The van der Waals surface area contributed by atoms with Crippen LogP contribution in [0, 0.1) is 18.3 Å². The highest BCUT2D eigenvalue weighted by Crippen LogP contribution is 2.26. The second kappa shape index (κ2) is 7.39. The van der Waals surface area contributed by atoms with E-state index in [1.54, 1.807) is 31.2 Å². The minimum Gasteiger partial charge on any atom is -0.481 e. The summed E-state index contributed by atoms with van der Waals surface area (Å²) in [5.41, 5.74) is 2.92. The fraction of sp³-hybridized carbons (Fsp3) is 0.111. The fourth-order valence-corrected chi connectivity index (χ4v) is 3.36. The highest BCUT2D eigenvalue weighted by atomic mass is 32.2. The minimum atomic E-state index is -3.92. The van der Waals surface area contributed by atoms with Gasteiger partial charge in [0.2, 0.25) is 5.88 Å². The summed E-state index contributed by atoms with van der Waals surface area (Å²) in [6.45, 7) is 1.79. The molecule has 0 amide bonds. The van der Waals surface area contributed by atoms with Gasteiger partial charge < -0.3 is 4.74 Å². The molecule has 3 rings (SSSR count). The molecule has 136 valence electrons. The van der Waals surface area contributed by atoms with Crippen molar-refractivity contribution in [3.05, 3.63) is 60.0 Å².